The van der Waals surface area contributed by atoms with E-state index in [4.69, 9.17) is 0 Å². The van der Waals surface area contributed by atoms with Crippen molar-refractivity contribution in [2.24, 2.45) is 5.41 Å². The Morgan fingerprint density at radius 1 is 1.24 bits per heavy atom. The Morgan fingerprint density at radius 2 is 1.94 bits per heavy atom. The Labute approximate surface area is 111 Å². The first kappa shape index (κ1) is 14.5. The van der Waals surface area contributed by atoms with Gasteiger partial charge in [0.25, 0.3) is 0 Å². The number of hydrogen-bond acceptors (Lipinski definition) is 1. The molecule has 0 atom stereocenters. The molecule has 1 saturated carbocycles. The maximum atomic E-state index is 3.61. The molecule has 0 aliphatic heterocycles. The Bertz CT molecular complexity index is 369. The van der Waals surface area contributed by atoms with Gasteiger partial charge in [0, 0.05) is 13.1 Å². The first-order chi connectivity index (χ1) is 7.61. The summed E-state index contributed by atoms with van der Waals surface area (Å²) in [5.41, 5.74) is 4.86. The van der Waals surface area contributed by atoms with Crippen LogP contribution < -0.4 is 5.32 Å². The lowest BCUT2D eigenvalue weighted by Gasteiger charge is -2.38. The zero-order chi connectivity index (χ0) is 11.6. The number of rotatable bonds is 4. The summed E-state index contributed by atoms with van der Waals surface area (Å²) in [5.74, 6) is 0. The van der Waals surface area contributed by atoms with Crippen LogP contribution in [0.4, 0.5) is 0 Å². The number of aryl methyl sites for hydroxylation is 1. The van der Waals surface area contributed by atoms with Crippen LogP contribution >= 0.6 is 12.4 Å². The second-order valence-corrected chi connectivity index (χ2v) is 5.63. The molecule has 1 N–H and O–H groups in total. The maximum absolute atomic E-state index is 3.61. The van der Waals surface area contributed by atoms with Crippen molar-refractivity contribution in [3.05, 3.63) is 34.9 Å². The SMILES string of the molecule is Cc1cccc(CNCC2(C)CCC2)c1C.Cl. The summed E-state index contributed by atoms with van der Waals surface area (Å²) in [6, 6.07) is 6.58. The average molecular weight is 254 g/mol. The van der Waals surface area contributed by atoms with Gasteiger partial charge >= 0.3 is 0 Å². The van der Waals surface area contributed by atoms with E-state index in [0.717, 1.165) is 6.54 Å². The topological polar surface area (TPSA) is 12.0 Å². The predicted molar refractivity (Wildman–Crippen MR) is 76.8 cm³/mol. The molecular weight excluding hydrogens is 230 g/mol. The van der Waals surface area contributed by atoms with Gasteiger partial charge < -0.3 is 5.32 Å². The van der Waals surface area contributed by atoms with Gasteiger partial charge in [0.1, 0.15) is 0 Å². The molecule has 2 heteroatoms. The minimum absolute atomic E-state index is 0. The normalized spacial score (nSPS) is 17.1. The summed E-state index contributed by atoms with van der Waals surface area (Å²) < 4.78 is 0. The van der Waals surface area contributed by atoms with Crippen LogP contribution in [-0.4, -0.2) is 6.54 Å². The van der Waals surface area contributed by atoms with Gasteiger partial charge in [-0.25, -0.2) is 0 Å². The van der Waals surface area contributed by atoms with Crippen molar-refractivity contribution in [3.63, 3.8) is 0 Å². The third kappa shape index (κ3) is 3.46. The van der Waals surface area contributed by atoms with E-state index in [1.807, 2.05) is 0 Å². The maximum Gasteiger partial charge on any atom is 0.0208 e. The van der Waals surface area contributed by atoms with E-state index in [-0.39, 0.29) is 12.4 Å². The number of nitrogens with one attached hydrogen (secondary N) is 1. The first-order valence-electron chi connectivity index (χ1n) is 6.37. The predicted octanol–water partition coefficient (Wildman–Crippen LogP) is 4.01. The first-order valence-corrected chi connectivity index (χ1v) is 6.37. The molecular formula is C15H24ClN. The molecule has 2 rings (SSSR count). The molecule has 17 heavy (non-hydrogen) atoms. The lowest BCUT2D eigenvalue weighted by Crippen LogP contribution is -2.37. The highest BCUT2D eigenvalue weighted by atomic mass is 35.5. The Morgan fingerprint density at radius 3 is 2.53 bits per heavy atom. The molecule has 1 nitrogen and oxygen atoms in total. The van der Waals surface area contributed by atoms with Gasteiger partial charge in [0.2, 0.25) is 0 Å². The summed E-state index contributed by atoms with van der Waals surface area (Å²) in [4.78, 5) is 0. The minimum atomic E-state index is 0. The van der Waals surface area contributed by atoms with E-state index in [2.05, 4.69) is 44.3 Å². The molecule has 0 saturated heterocycles. The van der Waals surface area contributed by atoms with Crippen LogP contribution in [0.15, 0.2) is 18.2 Å². The van der Waals surface area contributed by atoms with Gasteiger partial charge in [-0.1, -0.05) is 31.5 Å². The van der Waals surface area contributed by atoms with Gasteiger partial charge in [-0.2, -0.15) is 0 Å². The average Bonchev–Trinajstić information content (AvgIpc) is 2.22. The van der Waals surface area contributed by atoms with Crippen molar-refractivity contribution in [1.29, 1.82) is 0 Å². The minimum Gasteiger partial charge on any atom is -0.312 e. The van der Waals surface area contributed by atoms with Crippen molar-refractivity contribution in [2.75, 3.05) is 6.54 Å². The molecule has 0 spiro atoms. The molecule has 0 aromatic heterocycles. The molecule has 1 aliphatic rings. The van der Waals surface area contributed by atoms with Crippen molar-refractivity contribution < 1.29 is 0 Å². The van der Waals surface area contributed by atoms with Gasteiger partial charge in [-0.05, 0) is 48.8 Å². The summed E-state index contributed by atoms with van der Waals surface area (Å²) >= 11 is 0. The molecule has 1 fully saturated rings. The number of benzene rings is 1. The molecule has 0 radical (unpaired) electrons. The van der Waals surface area contributed by atoms with Crippen LogP contribution in [0.3, 0.4) is 0 Å². The molecule has 0 unspecified atom stereocenters. The van der Waals surface area contributed by atoms with E-state index >= 15 is 0 Å². The Kier molecular flexibility index (Phi) is 5.03. The van der Waals surface area contributed by atoms with Crippen molar-refractivity contribution >= 4 is 12.4 Å². The zero-order valence-corrected chi connectivity index (χ0v) is 12.0. The van der Waals surface area contributed by atoms with Crippen LogP contribution in [0.25, 0.3) is 0 Å². The summed E-state index contributed by atoms with van der Waals surface area (Å²) in [7, 11) is 0. The van der Waals surface area contributed by atoms with Crippen LogP contribution in [0.5, 0.6) is 0 Å². The molecule has 0 amide bonds. The Balaban J connectivity index is 0.00000144. The largest absolute Gasteiger partial charge is 0.312 e. The van der Waals surface area contributed by atoms with E-state index in [1.165, 1.54) is 42.5 Å². The van der Waals surface area contributed by atoms with E-state index in [9.17, 15) is 0 Å². The summed E-state index contributed by atoms with van der Waals surface area (Å²) in [6.45, 7) is 8.99. The molecule has 1 aromatic carbocycles. The second kappa shape index (κ2) is 5.88. The molecule has 96 valence electrons. The third-order valence-electron chi connectivity index (χ3n) is 4.14. The number of hydrogen-bond donors (Lipinski definition) is 1. The van der Waals surface area contributed by atoms with E-state index in [0.29, 0.717) is 5.41 Å². The number of halogens is 1. The molecule has 1 aromatic rings. The second-order valence-electron chi connectivity index (χ2n) is 5.63. The van der Waals surface area contributed by atoms with Gasteiger partial charge in [0.15, 0.2) is 0 Å². The quantitative estimate of drug-likeness (QED) is 0.855. The lowest BCUT2D eigenvalue weighted by molar-refractivity contribution is 0.156. The van der Waals surface area contributed by atoms with E-state index < -0.39 is 0 Å². The van der Waals surface area contributed by atoms with Crippen LogP contribution in [-0.2, 0) is 6.54 Å². The van der Waals surface area contributed by atoms with Gasteiger partial charge in [0.05, 0.1) is 0 Å². The standard InChI is InChI=1S/C15H23N.ClH/c1-12-6-4-7-14(13(12)2)10-16-11-15(3)8-5-9-15;/h4,6-7,16H,5,8-11H2,1-3H3;1H. The van der Waals surface area contributed by atoms with Crippen molar-refractivity contribution in [2.45, 2.75) is 46.6 Å². The fourth-order valence-corrected chi connectivity index (χ4v) is 2.46. The lowest BCUT2D eigenvalue weighted by atomic mass is 9.70. The van der Waals surface area contributed by atoms with Crippen LogP contribution in [0.2, 0.25) is 0 Å². The van der Waals surface area contributed by atoms with Gasteiger partial charge in [-0.3, -0.25) is 0 Å². The highest BCUT2D eigenvalue weighted by molar-refractivity contribution is 5.85. The highest BCUT2D eigenvalue weighted by Crippen LogP contribution is 2.39. The van der Waals surface area contributed by atoms with Gasteiger partial charge in [-0.15, -0.1) is 12.4 Å². The van der Waals surface area contributed by atoms with Crippen LogP contribution in [0, 0.1) is 19.3 Å². The van der Waals surface area contributed by atoms with Crippen molar-refractivity contribution in [3.8, 4) is 0 Å². The molecule has 1 aliphatic carbocycles. The smallest absolute Gasteiger partial charge is 0.0208 e. The monoisotopic (exact) mass is 253 g/mol. The molecule has 0 heterocycles. The summed E-state index contributed by atoms with van der Waals surface area (Å²) in [5, 5.41) is 3.61. The Hall–Kier alpha value is -0.530. The van der Waals surface area contributed by atoms with Crippen LogP contribution in [0.1, 0.15) is 42.9 Å². The highest BCUT2D eigenvalue weighted by Gasteiger charge is 2.30. The fourth-order valence-electron chi connectivity index (χ4n) is 2.46. The summed E-state index contributed by atoms with van der Waals surface area (Å²) in [6.07, 6.45) is 4.21. The zero-order valence-electron chi connectivity index (χ0n) is 11.2. The fraction of sp³-hybridized carbons (Fsp3) is 0.600. The van der Waals surface area contributed by atoms with E-state index in [1.54, 1.807) is 0 Å². The van der Waals surface area contributed by atoms with Crippen molar-refractivity contribution in [1.82, 2.24) is 5.32 Å². The molecule has 0 bridgehead atoms. The third-order valence-corrected chi connectivity index (χ3v) is 4.14.